The van der Waals surface area contributed by atoms with E-state index in [2.05, 4.69) is 0 Å². The van der Waals surface area contributed by atoms with Crippen LogP contribution in [0.1, 0.15) is 11.1 Å². The molecule has 6 nitrogen and oxygen atoms in total. The Hall–Kier alpha value is -3.15. The summed E-state index contributed by atoms with van der Waals surface area (Å²) in [4.78, 5) is 10.7. The van der Waals surface area contributed by atoms with Crippen molar-refractivity contribution in [3.05, 3.63) is 53.6 Å². The van der Waals surface area contributed by atoms with Crippen molar-refractivity contribution in [2.45, 2.75) is 6.61 Å². The van der Waals surface area contributed by atoms with Gasteiger partial charge in [0.1, 0.15) is 12.4 Å². The van der Waals surface area contributed by atoms with Gasteiger partial charge in [-0.3, -0.25) is 0 Å². The lowest BCUT2D eigenvalue weighted by atomic mass is 10.1. The van der Waals surface area contributed by atoms with Crippen molar-refractivity contribution in [2.24, 2.45) is 0 Å². The Bertz CT molecular complexity index is 744. The molecule has 2 rings (SSSR count). The van der Waals surface area contributed by atoms with Crippen LogP contribution in [0, 0.1) is 0 Å². The van der Waals surface area contributed by atoms with Crippen molar-refractivity contribution in [3.8, 4) is 23.0 Å². The zero-order valence-electron chi connectivity index (χ0n) is 14.3. The number of methoxy groups -OCH3 is 3. The van der Waals surface area contributed by atoms with E-state index in [1.165, 1.54) is 6.08 Å². The van der Waals surface area contributed by atoms with Crippen LogP contribution in [0.3, 0.4) is 0 Å². The van der Waals surface area contributed by atoms with E-state index >= 15 is 0 Å². The fourth-order valence-electron chi connectivity index (χ4n) is 2.29. The molecule has 1 N–H and O–H groups in total. The molecular formula is C19H20O6. The number of aliphatic carboxylic acids is 1. The Morgan fingerprint density at radius 2 is 1.64 bits per heavy atom. The van der Waals surface area contributed by atoms with Crippen LogP contribution in [0.15, 0.2) is 42.5 Å². The predicted octanol–water partition coefficient (Wildman–Crippen LogP) is 3.39. The number of hydrogen-bond acceptors (Lipinski definition) is 5. The van der Waals surface area contributed by atoms with Crippen LogP contribution in [0.4, 0.5) is 0 Å². The number of para-hydroxylation sites is 1. The van der Waals surface area contributed by atoms with Crippen molar-refractivity contribution in [1.29, 1.82) is 0 Å². The molecule has 0 aliphatic carbocycles. The van der Waals surface area contributed by atoms with Crippen molar-refractivity contribution < 1.29 is 28.8 Å². The van der Waals surface area contributed by atoms with Crippen LogP contribution in [-0.4, -0.2) is 32.4 Å². The maximum absolute atomic E-state index is 10.7. The Morgan fingerprint density at radius 1 is 1.00 bits per heavy atom. The molecule has 6 heteroatoms. The van der Waals surface area contributed by atoms with Crippen LogP contribution in [0.2, 0.25) is 0 Å². The molecule has 0 saturated heterocycles. The van der Waals surface area contributed by atoms with E-state index in [9.17, 15) is 4.79 Å². The fraction of sp³-hybridized carbons (Fsp3) is 0.211. The standard InChI is InChI=1S/C19H20O6/c1-22-15-9-7-13(8-10-18(20)21)11-14(15)12-25-19-16(23-2)5-4-6-17(19)24-3/h4-11H,12H2,1-3H3,(H,20,21). The monoisotopic (exact) mass is 344 g/mol. The van der Waals surface area contributed by atoms with Gasteiger partial charge in [0.2, 0.25) is 5.75 Å². The van der Waals surface area contributed by atoms with Crippen LogP contribution >= 0.6 is 0 Å². The molecule has 0 fully saturated rings. The highest BCUT2D eigenvalue weighted by Gasteiger charge is 2.13. The number of carboxylic acid groups (broad SMARTS) is 1. The van der Waals surface area contributed by atoms with Crippen LogP contribution in [0.5, 0.6) is 23.0 Å². The number of ether oxygens (including phenoxy) is 4. The van der Waals surface area contributed by atoms with Gasteiger partial charge in [-0.25, -0.2) is 4.79 Å². The lowest BCUT2D eigenvalue weighted by Crippen LogP contribution is -2.02. The largest absolute Gasteiger partial charge is 0.496 e. The van der Waals surface area contributed by atoms with Crippen LogP contribution < -0.4 is 18.9 Å². The van der Waals surface area contributed by atoms with Gasteiger partial charge in [-0.05, 0) is 35.9 Å². The quantitative estimate of drug-likeness (QED) is 0.740. The third kappa shape index (κ3) is 4.67. The van der Waals surface area contributed by atoms with E-state index in [0.717, 1.165) is 17.2 Å². The Labute approximate surface area is 146 Å². The molecule has 2 aromatic rings. The topological polar surface area (TPSA) is 74.2 Å². The predicted molar refractivity (Wildman–Crippen MR) is 93.5 cm³/mol. The summed E-state index contributed by atoms with van der Waals surface area (Å²) in [6.07, 6.45) is 2.59. The minimum atomic E-state index is -1.01. The molecule has 0 aliphatic heterocycles. The van der Waals surface area contributed by atoms with Crippen LogP contribution in [0.25, 0.3) is 6.08 Å². The van der Waals surface area contributed by atoms with Crippen molar-refractivity contribution in [2.75, 3.05) is 21.3 Å². The van der Waals surface area contributed by atoms with Gasteiger partial charge in [0.05, 0.1) is 21.3 Å². The Kier molecular flexibility index (Phi) is 6.28. The number of benzene rings is 2. The second-order valence-electron chi connectivity index (χ2n) is 5.02. The van der Waals surface area contributed by atoms with Gasteiger partial charge in [-0.15, -0.1) is 0 Å². The summed E-state index contributed by atoms with van der Waals surface area (Å²) in [5, 5.41) is 8.75. The first-order valence-electron chi connectivity index (χ1n) is 7.50. The first-order chi connectivity index (χ1) is 12.1. The maximum Gasteiger partial charge on any atom is 0.328 e. The molecule has 0 amide bonds. The molecular weight excluding hydrogens is 324 g/mol. The highest BCUT2D eigenvalue weighted by Crippen LogP contribution is 2.37. The minimum Gasteiger partial charge on any atom is -0.496 e. The number of carbonyl (C=O) groups is 1. The first-order valence-corrected chi connectivity index (χ1v) is 7.50. The van der Waals surface area contributed by atoms with Gasteiger partial charge in [0.15, 0.2) is 11.5 Å². The fourth-order valence-corrected chi connectivity index (χ4v) is 2.29. The zero-order chi connectivity index (χ0) is 18.2. The average Bonchev–Trinajstić information content (AvgIpc) is 2.64. The molecule has 0 atom stereocenters. The van der Waals surface area contributed by atoms with E-state index in [1.807, 2.05) is 6.07 Å². The third-order valence-corrected chi connectivity index (χ3v) is 3.48. The SMILES string of the molecule is COc1ccc(C=CC(=O)O)cc1COc1c(OC)cccc1OC. The molecule has 0 spiro atoms. The molecule has 0 unspecified atom stereocenters. The normalized spacial score (nSPS) is 10.5. The average molecular weight is 344 g/mol. The summed E-state index contributed by atoms with van der Waals surface area (Å²) >= 11 is 0. The summed E-state index contributed by atoms with van der Waals surface area (Å²) in [6.45, 7) is 0.203. The van der Waals surface area contributed by atoms with Crippen molar-refractivity contribution >= 4 is 12.0 Å². The zero-order valence-corrected chi connectivity index (χ0v) is 14.3. The highest BCUT2D eigenvalue weighted by molar-refractivity contribution is 5.85. The molecule has 2 aromatic carbocycles. The number of hydrogen-bond donors (Lipinski definition) is 1. The van der Waals surface area contributed by atoms with E-state index in [4.69, 9.17) is 24.1 Å². The Balaban J connectivity index is 2.28. The molecule has 0 radical (unpaired) electrons. The lowest BCUT2D eigenvalue weighted by Gasteiger charge is -2.15. The molecule has 132 valence electrons. The second kappa shape index (κ2) is 8.63. The van der Waals surface area contributed by atoms with Crippen molar-refractivity contribution in [3.63, 3.8) is 0 Å². The van der Waals surface area contributed by atoms with Crippen molar-refractivity contribution in [1.82, 2.24) is 0 Å². The first kappa shape index (κ1) is 18.2. The summed E-state index contributed by atoms with van der Waals surface area (Å²) < 4.78 is 21.9. The van der Waals surface area contributed by atoms with E-state index in [-0.39, 0.29) is 6.61 Å². The van der Waals surface area contributed by atoms with Gasteiger partial charge < -0.3 is 24.1 Å². The van der Waals surface area contributed by atoms with E-state index in [1.54, 1.807) is 51.7 Å². The summed E-state index contributed by atoms with van der Waals surface area (Å²) in [7, 11) is 4.67. The van der Waals surface area contributed by atoms with E-state index < -0.39 is 5.97 Å². The molecule has 0 aliphatic rings. The number of carboxylic acids is 1. The third-order valence-electron chi connectivity index (χ3n) is 3.48. The Morgan fingerprint density at radius 3 is 2.20 bits per heavy atom. The number of rotatable bonds is 8. The molecule has 0 saturated carbocycles. The second-order valence-corrected chi connectivity index (χ2v) is 5.02. The highest BCUT2D eigenvalue weighted by atomic mass is 16.5. The molecule has 0 bridgehead atoms. The minimum absolute atomic E-state index is 0.203. The van der Waals surface area contributed by atoms with Crippen LogP contribution in [-0.2, 0) is 11.4 Å². The van der Waals surface area contributed by atoms with Gasteiger partial charge in [-0.2, -0.15) is 0 Å². The lowest BCUT2D eigenvalue weighted by molar-refractivity contribution is -0.131. The van der Waals surface area contributed by atoms with Gasteiger partial charge >= 0.3 is 5.97 Å². The molecule has 25 heavy (non-hydrogen) atoms. The van der Waals surface area contributed by atoms with Gasteiger partial charge in [0.25, 0.3) is 0 Å². The smallest absolute Gasteiger partial charge is 0.328 e. The molecule has 0 aromatic heterocycles. The summed E-state index contributed by atoms with van der Waals surface area (Å²) in [6, 6.07) is 10.7. The van der Waals surface area contributed by atoms with Gasteiger partial charge in [0, 0.05) is 11.6 Å². The van der Waals surface area contributed by atoms with E-state index in [0.29, 0.717) is 23.0 Å². The molecule has 0 heterocycles. The summed E-state index contributed by atoms with van der Waals surface area (Å²) in [5.74, 6) is 1.23. The summed E-state index contributed by atoms with van der Waals surface area (Å²) in [5.41, 5.74) is 1.50. The maximum atomic E-state index is 10.7. The van der Waals surface area contributed by atoms with Gasteiger partial charge in [-0.1, -0.05) is 12.1 Å².